The summed E-state index contributed by atoms with van der Waals surface area (Å²) in [6.07, 6.45) is -1.10. The topological polar surface area (TPSA) is 71.4 Å². The molecule has 2 aliphatic heterocycles. The normalized spacial score (nSPS) is 29.2. The van der Waals surface area contributed by atoms with Gasteiger partial charge in [0.15, 0.2) is 17.3 Å². The van der Waals surface area contributed by atoms with Crippen LogP contribution >= 0.6 is 0 Å². The third-order valence-electron chi connectivity index (χ3n) is 5.44. The van der Waals surface area contributed by atoms with Crippen molar-refractivity contribution in [3.63, 3.8) is 0 Å². The maximum absolute atomic E-state index is 10.8. The lowest BCUT2D eigenvalue weighted by molar-refractivity contribution is -0.218. The van der Waals surface area contributed by atoms with Crippen LogP contribution in [0.3, 0.4) is 0 Å². The number of aliphatic hydroxyl groups is 2. The van der Waals surface area contributed by atoms with E-state index in [0.29, 0.717) is 19.6 Å². The number of hydrogen-bond acceptors (Lipinski definition) is 6. The summed E-state index contributed by atoms with van der Waals surface area (Å²) < 4.78 is 17.7. The van der Waals surface area contributed by atoms with Crippen molar-refractivity contribution in [2.75, 3.05) is 18.1 Å². The largest absolute Gasteiger partial charge is 0.453 e. The summed E-state index contributed by atoms with van der Waals surface area (Å²) in [6.45, 7) is 1.01. The standard InChI is InChI=1S/C20H21NO5/c22-16-12-20(24-9-10-25-20)11-15(19(16)23)21-13-5-1-3-7-17(13)26-18-8-4-2-6-14(18)21/h1-8,15-16,19,22-23H,9-12H2/t15-,16-,19+/m0/s1. The van der Waals surface area contributed by atoms with Gasteiger partial charge in [0, 0.05) is 12.8 Å². The molecule has 1 saturated carbocycles. The van der Waals surface area contributed by atoms with Crippen LogP contribution in [0.4, 0.5) is 11.4 Å². The highest BCUT2D eigenvalue weighted by Gasteiger charge is 2.52. The molecule has 6 nitrogen and oxygen atoms in total. The first-order valence-corrected chi connectivity index (χ1v) is 8.96. The van der Waals surface area contributed by atoms with Crippen LogP contribution in [0.5, 0.6) is 11.5 Å². The number of hydrogen-bond donors (Lipinski definition) is 2. The van der Waals surface area contributed by atoms with Gasteiger partial charge in [0.1, 0.15) is 6.10 Å². The Bertz CT molecular complexity index is 774. The summed E-state index contributed by atoms with van der Waals surface area (Å²) in [5.41, 5.74) is 1.72. The molecule has 1 spiro atoms. The molecule has 26 heavy (non-hydrogen) atoms. The van der Waals surface area contributed by atoms with E-state index in [1.165, 1.54) is 0 Å². The molecule has 6 heteroatoms. The van der Waals surface area contributed by atoms with Crippen LogP contribution in [0, 0.1) is 0 Å². The van der Waals surface area contributed by atoms with Gasteiger partial charge in [-0.1, -0.05) is 24.3 Å². The van der Waals surface area contributed by atoms with E-state index < -0.39 is 24.0 Å². The summed E-state index contributed by atoms with van der Waals surface area (Å²) in [5.74, 6) is 0.604. The van der Waals surface area contributed by atoms with E-state index in [4.69, 9.17) is 14.2 Å². The van der Waals surface area contributed by atoms with Crippen molar-refractivity contribution in [3.8, 4) is 11.5 Å². The zero-order valence-corrected chi connectivity index (χ0v) is 14.2. The van der Waals surface area contributed by atoms with Gasteiger partial charge in [0.25, 0.3) is 0 Å². The van der Waals surface area contributed by atoms with Crippen molar-refractivity contribution in [1.82, 2.24) is 0 Å². The fraction of sp³-hybridized carbons (Fsp3) is 0.400. The fourth-order valence-electron chi connectivity index (χ4n) is 4.29. The van der Waals surface area contributed by atoms with Crippen LogP contribution in [-0.4, -0.2) is 47.5 Å². The fourth-order valence-corrected chi connectivity index (χ4v) is 4.29. The Morgan fingerprint density at radius 2 is 1.42 bits per heavy atom. The highest BCUT2D eigenvalue weighted by molar-refractivity contribution is 5.78. The predicted octanol–water partition coefficient (Wildman–Crippen LogP) is 2.56. The number of para-hydroxylation sites is 4. The first-order chi connectivity index (χ1) is 12.7. The Morgan fingerprint density at radius 3 is 2.04 bits per heavy atom. The first-order valence-electron chi connectivity index (χ1n) is 8.96. The molecule has 0 unspecified atom stereocenters. The van der Waals surface area contributed by atoms with Crippen LogP contribution in [0.2, 0.25) is 0 Å². The van der Waals surface area contributed by atoms with Crippen molar-refractivity contribution >= 4 is 11.4 Å². The monoisotopic (exact) mass is 355 g/mol. The molecule has 5 rings (SSSR count). The second kappa shape index (κ2) is 5.96. The van der Waals surface area contributed by atoms with Crippen molar-refractivity contribution in [3.05, 3.63) is 48.5 Å². The van der Waals surface area contributed by atoms with E-state index >= 15 is 0 Å². The van der Waals surface area contributed by atoms with Gasteiger partial charge in [0.05, 0.1) is 36.7 Å². The second-order valence-corrected chi connectivity index (χ2v) is 7.05. The lowest BCUT2D eigenvalue weighted by Crippen LogP contribution is -2.58. The Hall–Kier alpha value is -2.12. The van der Waals surface area contributed by atoms with Crippen LogP contribution in [0.15, 0.2) is 48.5 Å². The van der Waals surface area contributed by atoms with Crippen molar-refractivity contribution in [2.24, 2.45) is 0 Å². The maximum atomic E-state index is 10.8. The third-order valence-corrected chi connectivity index (χ3v) is 5.44. The lowest BCUT2D eigenvalue weighted by atomic mass is 9.83. The van der Waals surface area contributed by atoms with Gasteiger partial charge in [0.2, 0.25) is 0 Å². The highest BCUT2D eigenvalue weighted by atomic mass is 16.7. The van der Waals surface area contributed by atoms with Gasteiger partial charge < -0.3 is 29.3 Å². The molecule has 1 aliphatic carbocycles. The van der Waals surface area contributed by atoms with Crippen LogP contribution in [0.25, 0.3) is 0 Å². The van der Waals surface area contributed by atoms with E-state index in [1.807, 2.05) is 53.4 Å². The van der Waals surface area contributed by atoms with Gasteiger partial charge in [-0.3, -0.25) is 0 Å². The molecule has 0 bridgehead atoms. The van der Waals surface area contributed by atoms with Crippen molar-refractivity contribution in [1.29, 1.82) is 0 Å². The summed E-state index contributed by atoms with van der Waals surface area (Å²) >= 11 is 0. The Balaban J connectivity index is 1.62. The molecule has 0 radical (unpaired) electrons. The minimum atomic E-state index is -0.923. The summed E-state index contributed by atoms with van der Waals surface area (Å²) in [7, 11) is 0. The molecular weight excluding hydrogens is 334 g/mol. The van der Waals surface area contributed by atoms with Crippen LogP contribution in [-0.2, 0) is 9.47 Å². The number of aliphatic hydroxyl groups excluding tert-OH is 2. The molecule has 0 amide bonds. The SMILES string of the molecule is O[C@H]1[C@@H](O)CC2(C[C@@H]1N1c3ccccc3Oc3ccccc31)OCCO2. The number of rotatable bonds is 1. The second-order valence-electron chi connectivity index (χ2n) is 7.05. The highest BCUT2D eigenvalue weighted by Crippen LogP contribution is 2.50. The third kappa shape index (κ3) is 2.41. The Kier molecular flexibility index (Phi) is 3.68. The van der Waals surface area contributed by atoms with E-state index in [1.54, 1.807) is 0 Å². The molecule has 2 heterocycles. The van der Waals surface area contributed by atoms with E-state index in [2.05, 4.69) is 0 Å². The number of nitrogens with zero attached hydrogens (tertiary/aromatic N) is 1. The zero-order chi connectivity index (χ0) is 17.7. The number of fused-ring (bicyclic) bond motifs is 2. The van der Waals surface area contributed by atoms with Gasteiger partial charge in [-0.2, -0.15) is 0 Å². The lowest BCUT2D eigenvalue weighted by Gasteiger charge is -2.48. The molecule has 2 N–H and O–H groups in total. The van der Waals surface area contributed by atoms with Gasteiger partial charge in [-0.25, -0.2) is 0 Å². The molecular formula is C20H21NO5. The minimum Gasteiger partial charge on any atom is -0.453 e. The average Bonchev–Trinajstić information content (AvgIpc) is 3.11. The molecule has 2 fully saturated rings. The first kappa shape index (κ1) is 16.1. The zero-order valence-electron chi connectivity index (χ0n) is 14.2. The Morgan fingerprint density at radius 1 is 0.846 bits per heavy atom. The van der Waals surface area contributed by atoms with Crippen LogP contribution in [0.1, 0.15) is 12.8 Å². The number of ether oxygens (including phenoxy) is 3. The molecule has 2 aromatic rings. The molecule has 3 aliphatic rings. The molecule has 2 aromatic carbocycles. The van der Waals surface area contributed by atoms with E-state index in [-0.39, 0.29) is 6.42 Å². The van der Waals surface area contributed by atoms with E-state index in [9.17, 15) is 10.2 Å². The average molecular weight is 355 g/mol. The molecule has 0 aromatic heterocycles. The summed E-state index contributed by atoms with van der Waals surface area (Å²) in [6, 6.07) is 15.0. The predicted molar refractivity (Wildman–Crippen MR) is 94.8 cm³/mol. The quantitative estimate of drug-likeness (QED) is 0.819. The summed E-state index contributed by atoms with van der Waals surface area (Å²) in [4.78, 5) is 2.05. The molecule has 1 saturated heterocycles. The molecule has 3 atom stereocenters. The van der Waals surface area contributed by atoms with Gasteiger partial charge in [-0.05, 0) is 24.3 Å². The van der Waals surface area contributed by atoms with Crippen molar-refractivity contribution in [2.45, 2.75) is 36.9 Å². The Labute approximate surface area is 151 Å². The van der Waals surface area contributed by atoms with Gasteiger partial charge >= 0.3 is 0 Å². The maximum Gasteiger partial charge on any atom is 0.173 e. The molecule has 136 valence electrons. The van der Waals surface area contributed by atoms with Gasteiger partial charge in [-0.15, -0.1) is 0 Å². The van der Waals surface area contributed by atoms with Crippen molar-refractivity contribution < 1.29 is 24.4 Å². The number of benzene rings is 2. The smallest absolute Gasteiger partial charge is 0.173 e. The minimum absolute atomic E-state index is 0.276. The van der Waals surface area contributed by atoms with E-state index in [0.717, 1.165) is 22.9 Å². The summed E-state index contributed by atoms with van der Waals surface area (Å²) in [5, 5.41) is 21.4. The van der Waals surface area contributed by atoms with Crippen LogP contribution < -0.4 is 9.64 Å². The number of anilines is 2.